The Bertz CT molecular complexity index is 982. The highest BCUT2D eigenvalue weighted by atomic mass is 79.9. The smallest absolute Gasteiger partial charge is 0.266 e. The Morgan fingerprint density at radius 1 is 1.20 bits per heavy atom. The summed E-state index contributed by atoms with van der Waals surface area (Å²) in [5.74, 6) is -0.141. The lowest BCUT2D eigenvalue weighted by Gasteiger charge is -2.04. The van der Waals surface area contributed by atoms with Crippen LogP contribution in [0.4, 0.5) is 10.2 Å². The molecule has 0 saturated heterocycles. The summed E-state index contributed by atoms with van der Waals surface area (Å²) in [6.45, 7) is 2.82. The molecule has 25 heavy (non-hydrogen) atoms. The molecule has 132 valence electrons. The van der Waals surface area contributed by atoms with Crippen LogP contribution in [0, 0.1) is 5.82 Å². The Balaban J connectivity index is 1.79. The number of halogens is 2. The molecule has 3 aromatic rings. The van der Waals surface area contributed by atoms with Crippen LogP contribution < -0.4 is 4.72 Å². The van der Waals surface area contributed by atoms with Gasteiger partial charge in [-0.25, -0.2) is 12.8 Å². The number of nitrogens with zero attached hydrogens (tertiary/aromatic N) is 4. The van der Waals surface area contributed by atoms with Gasteiger partial charge in [0.2, 0.25) is 0 Å². The van der Waals surface area contributed by atoms with E-state index in [9.17, 15) is 12.8 Å². The van der Waals surface area contributed by atoms with Crippen LogP contribution in [0.2, 0.25) is 0 Å². The maximum atomic E-state index is 13.0. The third kappa shape index (κ3) is 4.07. The van der Waals surface area contributed by atoms with E-state index in [2.05, 4.69) is 30.8 Å². The molecule has 0 spiro atoms. The number of aromatic nitrogens is 4. The van der Waals surface area contributed by atoms with Crippen molar-refractivity contribution in [2.75, 3.05) is 4.72 Å². The van der Waals surface area contributed by atoms with Crippen LogP contribution >= 0.6 is 15.9 Å². The normalized spacial score (nSPS) is 11.6. The summed E-state index contributed by atoms with van der Waals surface area (Å²) in [6.07, 6.45) is 4.39. The van der Waals surface area contributed by atoms with Crippen LogP contribution in [0.1, 0.15) is 12.5 Å². The first-order chi connectivity index (χ1) is 11.9. The van der Waals surface area contributed by atoms with Crippen LogP contribution in [-0.2, 0) is 23.1 Å². The van der Waals surface area contributed by atoms with Crippen LogP contribution in [0.5, 0.6) is 0 Å². The second-order valence-electron chi connectivity index (χ2n) is 5.29. The molecule has 0 atom stereocenters. The first kappa shape index (κ1) is 17.6. The van der Waals surface area contributed by atoms with Crippen molar-refractivity contribution in [3.63, 3.8) is 0 Å². The number of rotatable bonds is 6. The van der Waals surface area contributed by atoms with Gasteiger partial charge in [-0.1, -0.05) is 12.1 Å². The third-order valence-electron chi connectivity index (χ3n) is 3.45. The van der Waals surface area contributed by atoms with Gasteiger partial charge in [0, 0.05) is 18.9 Å². The quantitative estimate of drug-likeness (QED) is 0.655. The van der Waals surface area contributed by atoms with E-state index in [0.29, 0.717) is 17.6 Å². The zero-order valence-electron chi connectivity index (χ0n) is 13.2. The summed E-state index contributed by atoms with van der Waals surface area (Å²) in [5, 5.41) is 8.19. The zero-order chi connectivity index (χ0) is 18.0. The van der Waals surface area contributed by atoms with Crippen molar-refractivity contribution >= 4 is 31.8 Å². The molecular formula is C15H15BrFN5O2S. The fraction of sp³-hybridized carbons (Fsp3) is 0.200. The summed E-state index contributed by atoms with van der Waals surface area (Å²) in [5.41, 5.74) is 0.843. The maximum Gasteiger partial charge on any atom is 0.266 e. The minimum Gasteiger partial charge on any atom is -0.272 e. The van der Waals surface area contributed by atoms with E-state index < -0.39 is 10.0 Å². The summed E-state index contributed by atoms with van der Waals surface area (Å²) in [4.78, 5) is 0.0642. The fourth-order valence-electron chi connectivity index (χ4n) is 2.17. The van der Waals surface area contributed by atoms with Crippen molar-refractivity contribution in [3.05, 3.63) is 58.7 Å². The molecule has 0 bridgehead atoms. The Morgan fingerprint density at radius 2 is 1.92 bits per heavy atom. The monoisotopic (exact) mass is 427 g/mol. The van der Waals surface area contributed by atoms with E-state index in [1.165, 1.54) is 29.2 Å². The molecule has 0 radical (unpaired) electrons. The van der Waals surface area contributed by atoms with Gasteiger partial charge in [0.05, 0.1) is 17.2 Å². The Hall–Kier alpha value is -2.20. The summed E-state index contributed by atoms with van der Waals surface area (Å²) >= 11 is 3.30. The Morgan fingerprint density at radius 3 is 2.56 bits per heavy atom. The molecule has 0 saturated carbocycles. The molecule has 2 heterocycles. The van der Waals surface area contributed by atoms with Crippen molar-refractivity contribution in [3.8, 4) is 0 Å². The van der Waals surface area contributed by atoms with E-state index in [1.807, 2.05) is 6.92 Å². The number of hydrogen-bond acceptors (Lipinski definition) is 4. The van der Waals surface area contributed by atoms with Crippen LogP contribution in [-0.4, -0.2) is 28.0 Å². The lowest BCUT2D eigenvalue weighted by Crippen LogP contribution is -2.13. The highest BCUT2D eigenvalue weighted by molar-refractivity contribution is 9.10. The number of sulfonamides is 1. The standard InChI is InChI=1S/C15H15BrFN5O2S/c1-2-21-9-13(7-18-21)25(23,24)20-15-14(16)10-22(19-15)8-11-3-5-12(17)6-4-11/h3-7,9-10H,2,8H2,1H3,(H,19,20). The Labute approximate surface area is 152 Å². The molecule has 0 amide bonds. The van der Waals surface area contributed by atoms with Crippen molar-refractivity contribution in [1.82, 2.24) is 19.6 Å². The highest BCUT2D eigenvalue weighted by Gasteiger charge is 2.20. The molecule has 3 rings (SSSR count). The van der Waals surface area contributed by atoms with Crippen molar-refractivity contribution in [2.24, 2.45) is 0 Å². The van der Waals surface area contributed by atoms with Gasteiger partial charge in [-0.05, 0) is 40.5 Å². The summed E-state index contributed by atoms with van der Waals surface area (Å²) in [7, 11) is -3.78. The summed E-state index contributed by atoms with van der Waals surface area (Å²) in [6, 6.07) is 6.02. The minimum absolute atomic E-state index is 0.0642. The molecule has 1 aromatic carbocycles. The molecule has 0 aliphatic carbocycles. The molecule has 1 N–H and O–H groups in total. The van der Waals surface area contributed by atoms with Gasteiger partial charge in [0.1, 0.15) is 10.7 Å². The van der Waals surface area contributed by atoms with Gasteiger partial charge < -0.3 is 0 Å². The molecular weight excluding hydrogens is 413 g/mol. The van der Waals surface area contributed by atoms with Crippen LogP contribution in [0.15, 0.2) is 52.2 Å². The number of hydrogen-bond donors (Lipinski definition) is 1. The molecule has 2 aromatic heterocycles. The molecule has 7 nitrogen and oxygen atoms in total. The molecule has 0 aliphatic heterocycles. The summed E-state index contributed by atoms with van der Waals surface area (Å²) < 4.78 is 43.8. The Kier molecular flexibility index (Phi) is 4.91. The number of benzene rings is 1. The first-order valence-corrected chi connectivity index (χ1v) is 9.67. The lowest BCUT2D eigenvalue weighted by molar-refractivity contribution is 0.600. The zero-order valence-corrected chi connectivity index (χ0v) is 15.6. The van der Waals surface area contributed by atoms with E-state index in [-0.39, 0.29) is 16.5 Å². The predicted octanol–water partition coefficient (Wildman–Crippen LogP) is 2.85. The number of anilines is 1. The van der Waals surface area contributed by atoms with E-state index in [0.717, 1.165) is 5.56 Å². The van der Waals surface area contributed by atoms with Gasteiger partial charge >= 0.3 is 0 Å². The van der Waals surface area contributed by atoms with Crippen molar-refractivity contribution in [1.29, 1.82) is 0 Å². The molecule has 10 heteroatoms. The second-order valence-corrected chi connectivity index (χ2v) is 7.82. The van der Waals surface area contributed by atoms with E-state index in [4.69, 9.17) is 0 Å². The first-order valence-electron chi connectivity index (χ1n) is 7.40. The molecule has 0 fully saturated rings. The average molecular weight is 428 g/mol. The van der Waals surface area contributed by atoms with Crippen molar-refractivity contribution in [2.45, 2.75) is 24.9 Å². The second kappa shape index (κ2) is 6.96. The van der Waals surface area contributed by atoms with Crippen molar-refractivity contribution < 1.29 is 12.8 Å². The number of aryl methyl sites for hydroxylation is 1. The van der Waals surface area contributed by atoms with E-state index >= 15 is 0 Å². The minimum atomic E-state index is -3.78. The fourth-order valence-corrected chi connectivity index (χ4v) is 3.68. The van der Waals surface area contributed by atoms with Crippen LogP contribution in [0.3, 0.4) is 0 Å². The predicted molar refractivity (Wildman–Crippen MR) is 94.1 cm³/mol. The van der Waals surface area contributed by atoms with Gasteiger partial charge in [0.15, 0.2) is 5.82 Å². The molecule has 0 aliphatic rings. The molecule has 0 unspecified atom stereocenters. The van der Waals surface area contributed by atoms with Crippen LogP contribution in [0.25, 0.3) is 0 Å². The highest BCUT2D eigenvalue weighted by Crippen LogP contribution is 2.23. The van der Waals surface area contributed by atoms with Gasteiger partial charge in [-0.3, -0.25) is 14.1 Å². The van der Waals surface area contributed by atoms with Gasteiger partial charge in [-0.15, -0.1) is 0 Å². The maximum absolute atomic E-state index is 13.0. The van der Waals surface area contributed by atoms with Gasteiger partial charge in [0.25, 0.3) is 10.0 Å². The topological polar surface area (TPSA) is 81.8 Å². The largest absolute Gasteiger partial charge is 0.272 e. The lowest BCUT2D eigenvalue weighted by atomic mass is 10.2. The van der Waals surface area contributed by atoms with E-state index in [1.54, 1.807) is 23.0 Å². The van der Waals surface area contributed by atoms with Gasteiger partial charge in [-0.2, -0.15) is 10.2 Å². The SMILES string of the molecule is CCn1cc(S(=O)(=O)Nc2nn(Cc3ccc(F)cc3)cc2Br)cn1. The average Bonchev–Trinajstić information content (AvgIpc) is 3.17. The third-order valence-corrected chi connectivity index (χ3v) is 5.32. The number of nitrogens with one attached hydrogen (secondary N) is 1.